The molecule has 2 N–H and O–H groups in total. The van der Waals surface area contributed by atoms with Gasteiger partial charge >= 0.3 is 0 Å². The molecule has 1 atom stereocenters. The van der Waals surface area contributed by atoms with Gasteiger partial charge in [0.1, 0.15) is 0 Å². The summed E-state index contributed by atoms with van der Waals surface area (Å²) in [5, 5.41) is 5.49. The number of aryl methyl sites for hydroxylation is 1. The van der Waals surface area contributed by atoms with Crippen molar-refractivity contribution >= 4 is 23.4 Å². The lowest BCUT2D eigenvalue weighted by Crippen LogP contribution is -2.28. The molecule has 0 spiro atoms. The monoisotopic (exact) mass is 329 g/mol. The van der Waals surface area contributed by atoms with Gasteiger partial charge in [0, 0.05) is 38.7 Å². The van der Waals surface area contributed by atoms with Gasteiger partial charge in [0.15, 0.2) is 0 Å². The number of anilines is 1. The Balaban J connectivity index is 2.00. The fourth-order valence-corrected chi connectivity index (χ4v) is 2.75. The first kappa shape index (κ1) is 17.7. The minimum absolute atomic E-state index is 0.0250. The van der Waals surface area contributed by atoms with Gasteiger partial charge in [-0.3, -0.25) is 14.4 Å². The van der Waals surface area contributed by atoms with Crippen molar-refractivity contribution in [1.29, 1.82) is 0 Å². The molecule has 0 bridgehead atoms. The molecule has 1 unspecified atom stereocenters. The lowest BCUT2D eigenvalue weighted by atomic mass is 10.0. The van der Waals surface area contributed by atoms with Crippen LogP contribution < -0.4 is 10.6 Å². The molecule has 0 aliphatic carbocycles. The SMILES string of the molecule is C=CCN1CC(C(=O)Nc2ccccc2CCC(=O)NC)CC1=O. The van der Waals surface area contributed by atoms with Gasteiger partial charge in [-0.25, -0.2) is 0 Å². The highest BCUT2D eigenvalue weighted by atomic mass is 16.2. The number of para-hydroxylation sites is 1. The van der Waals surface area contributed by atoms with Crippen LogP contribution in [-0.2, 0) is 20.8 Å². The third kappa shape index (κ3) is 4.44. The Morgan fingerprint density at radius 1 is 1.38 bits per heavy atom. The van der Waals surface area contributed by atoms with Gasteiger partial charge in [0.2, 0.25) is 17.7 Å². The first-order chi connectivity index (χ1) is 11.5. The molecular formula is C18H23N3O3. The fraction of sp³-hybridized carbons (Fsp3) is 0.389. The van der Waals surface area contributed by atoms with E-state index in [-0.39, 0.29) is 30.1 Å². The molecule has 1 aliphatic heterocycles. The number of nitrogens with one attached hydrogen (secondary N) is 2. The normalized spacial score (nSPS) is 16.8. The molecule has 1 aliphatic rings. The average molecular weight is 329 g/mol. The maximum absolute atomic E-state index is 12.5. The number of rotatable bonds is 7. The largest absolute Gasteiger partial charge is 0.359 e. The van der Waals surface area contributed by atoms with Gasteiger partial charge in [0.25, 0.3) is 0 Å². The van der Waals surface area contributed by atoms with E-state index >= 15 is 0 Å². The van der Waals surface area contributed by atoms with E-state index in [1.807, 2.05) is 24.3 Å². The molecule has 1 aromatic carbocycles. The zero-order chi connectivity index (χ0) is 17.5. The molecule has 1 heterocycles. The number of hydrogen-bond acceptors (Lipinski definition) is 3. The standard InChI is InChI=1S/C18H23N3O3/c1-3-10-21-12-14(11-17(21)23)18(24)20-15-7-5-4-6-13(15)8-9-16(22)19-2/h3-7,14H,1,8-12H2,2H3,(H,19,22)(H,20,24). The number of benzene rings is 1. The third-order valence-corrected chi connectivity index (χ3v) is 4.11. The summed E-state index contributed by atoms with van der Waals surface area (Å²) in [5.74, 6) is -0.590. The van der Waals surface area contributed by atoms with Crippen molar-refractivity contribution < 1.29 is 14.4 Å². The van der Waals surface area contributed by atoms with E-state index in [2.05, 4.69) is 17.2 Å². The van der Waals surface area contributed by atoms with E-state index in [9.17, 15) is 14.4 Å². The second kappa shape index (κ2) is 8.29. The van der Waals surface area contributed by atoms with E-state index in [1.165, 1.54) is 0 Å². The number of carbonyl (C=O) groups excluding carboxylic acids is 3. The summed E-state index contributed by atoms with van der Waals surface area (Å²) >= 11 is 0. The molecule has 128 valence electrons. The van der Waals surface area contributed by atoms with E-state index in [0.29, 0.717) is 31.6 Å². The van der Waals surface area contributed by atoms with Crippen LogP contribution in [0.25, 0.3) is 0 Å². The summed E-state index contributed by atoms with van der Waals surface area (Å²) in [7, 11) is 1.60. The molecule has 6 heteroatoms. The molecule has 0 saturated carbocycles. The van der Waals surface area contributed by atoms with Crippen LogP contribution in [0.1, 0.15) is 18.4 Å². The van der Waals surface area contributed by atoms with Crippen molar-refractivity contribution in [1.82, 2.24) is 10.2 Å². The van der Waals surface area contributed by atoms with Gasteiger partial charge in [-0.1, -0.05) is 24.3 Å². The van der Waals surface area contributed by atoms with Crippen molar-refractivity contribution in [2.45, 2.75) is 19.3 Å². The topological polar surface area (TPSA) is 78.5 Å². The first-order valence-corrected chi connectivity index (χ1v) is 8.03. The molecule has 2 rings (SSSR count). The molecule has 3 amide bonds. The highest BCUT2D eigenvalue weighted by molar-refractivity contribution is 5.97. The highest BCUT2D eigenvalue weighted by Gasteiger charge is 2.33. The Hall–Kier alpha value is -2.63. The third-order valence-electron chi connectivity index (χ3n) is 4.11. The summed E-state index contributed by atoms with van der Waals surface area (Å²) in [4.78, 5) is 37.4. The molecule has 0 radical (unpaired) electrons. The Morgan fingerprint density at radius 3 is 2.83 bits per heavy atom. The molecule has 6 nitrogen and oxygen atoms in total. The number of amides is 3. The van der Waals surface area contributed by atoms with E-state index in [4.69, 9.17) is 0 Å². The Labute approximate surface area is 141 Å². The fourth-order valence-electron chi connectivity index (χ4n) is 2.75. The first-order valence-electron chi connectivity index (χ1n) is 8.03. The lowest BCUT2D eigenvalue weighted by molar-refractivity contribution is -0.128. The molecule has 0 aromatic heterocycles. The maximum Gasteiger partial charge on any atom is 0.229 e. The van der Waals surface area contributed by atoms with Gasteiger partial charge < -0.3 is 15.5 Å². The van der Waals surface area contributed by atoms with Crippen LogP contribution in [0.3, 0.4) is 0 Å². The van der Waals surface area contributed by atoms with Crippen LogP contribution in [0.4, 0.5) is 5.69 Å². The van der Waals surface area contributed by atoms with Crippen molar-refractivity contribution in [2.24, 2.45) is 5.92 Å². The van der Waals surface area contributed by atoms with Crippen molar-refractivity contribution in [3.8, 4) is 0 Å². The van der Waals surface area contributed by atoms with E-state index in [1.54, 1.807) is 18.0 Å². The van der Waals surface area contributed by atoms with Crippen molar-refractivity contribution in [3.63, 3.8) is 0 Å². The minimum Gasteiger partial charge on any atom is -0.359 e. The smallest absolute Gasteiger partial charge is 0.229 e. The summed E-state index contributed by atoms with van der Waals surface area (Å²) in [6, 6.07) is 7.42. The average Bonchev–Trinajstić information content (AvgIpc) is 2.95. The van der Waals surface area contributed by atoms with Crippen LogP contribution in [0.15, 0.2) is 36.9 Å². The van der Waals surface area contributed by atoms with Gasteiger partial charge in [-0.2, -0.15) is 0 Å². The Bertz CT molecular complexity index is 642. The summed E-state index contributed by atoms with van der Waals surface area (Å²) in [6.45, 7) is 4.50. The van der Waals surface area contributed by atoms with E-state index < -0.39 is 0 Å². The van der Waals surface area contributed by atoms with Crippen molar-refractivity contribution in [3.05, 3.63) is 42.5 Å². The molecule has 1 saturated heterocycles. The second-order valence-corrected chi connectivity index (χ2v) is 5.81. The number of carbonyl (C=O) groups is 3. The van der Waals surface area contributed by atoms with Crippen LogP contribution in [0.5, 0.6) is 0 Å². The van der Waals surface area contributed by atoms with Gasteiger partial charge in [0.05, 0.1) is 5.92 Å². The summed E-state index contributed by atoms with van der Waals surface area (Å²) < 4.78 is 0. The molecular weight excluding hydrogens is 306 g/mol. The summed E-state index contributed by atoms with van der Waals surface area (Å²) in [6.07, 6.45) is 2.78. The molecule has 1 aromatic rings. The Kier molecular flexibility index (Phi) is 6.12. The second-order valence-electron chi connectivity index (χ2n) is 5.81. The van der Waals surface area contributed by atoms with Crippen LogP contribution >= 0.6 is 0 Å². The lowest BCUT2D eigenvalue weighted by Gasteiger charge is -2.15. The quantitative estimate of drug-likeness (QED) is 0.741. The van der Waals surface area contributed by atoms with Gasteiger partial charge in [-0.05, 0) is 18.1 Å². The number of likely N-dealkylation sites (tertiary alicyclic amines) is 1. The minimum atomic E-state index is -0.357. The van der Waals surface area contributed by atoms with Crippen molar-refractivity contribution in [2.75, 3.05) is 25.5 Å². The van der Waals surface area contributed by atoms with Gasteiger partial charge in [-0.15, -0.1) is 6.58 Å². The molecule has 1 fully saturated rings. The molecule has 24 heavy (non-hydrogen) atoms. The van der Waals surface area contributed by atoms with Crippen LogP contribution in [0, 0.1) is 5.92 Å². The zero-order valence-corrected chi connectivity index (χ0v) is 13.9. The van der Waals surface area contributed by atoms with Crippen LogP contribution in [-0.4, -0.2) is 42.8 Å². The number of nitrogens with zero attached hydrogens (tertiary/aromatic N) is 1. The summed E-state index contributed by atoms with van der Waals surface area (Å²) in [5.41, 5.74) is 1.60. The number of hydrogen-bond donors (Lipinski definition) is 2. The highest BCUT2D eigenvalue weighted by Crippen LogP contribution is 2.22. The predicted octanol–water partition coefficient (Wildman–Crippen LogP) is 1.34. The van der Waals surface area contributed by atoms with Crippen LogP contribution in [0.2, 0.25) is 0 Å². The Morgan fingerprint density at radius 2 is 2.12 bits per heavy atom. The maximum atomic E-state index is 12.5. The predicted molar refractivity (Wildman–Crippen MR) is 92.3 cm³/mol. The van der Waals surface area contributed by atoms with E-state index in [0.717, 1.165) is 5.56 Å². The zero-order valence-electron chi connectivity index (χ0n) is 13.9.